The van der Waals surface area contributed by atoms with Gasteiger partial charge in [0.25, 0.3) is 0 Å². The number of carboxylic acid groups (broad SMARTS) is 1. The Balaban J connectivity index is 2.05. The van der Waals surface area contributed by atoms with Crippen LogP contribution >= 0.6 is 23.1 Å². The van der Waals surface area contributed by atoms with E-state index in [4.69, 9.17) is 5.11 Å². The van der Waals surface area contributed by atoms with Crippen LogP contribution in [0, 0.1) is 6.92 Å². The van der Waals surface area contributed by atoms with E-state index in [1.54, 1.807) is 0 Å². The molecule has 19 heavy (non-hydrogen) atoms. The monoisotopic (exact) mass is 298 g/mol. The van der Waals surface area contributed by atoms with Crippen molar-refractivity contribution in [3.63, 3.8) is 0 Å². The summed E-state index contributed by atoms with van der Waals surface area (Å²) in [7, 11) is 0. The molecule has 0 aliphatic rings. The lowest BCUT2D eigenvalue weighted by atomic mass is 10.4. The Morgan fingerprint density at radius 2 is 2.32 bits per heavy atom. The third-order valence-corrected chi connectivity index (χ3v) is 4.53. The first kappa shape index (κ1) is 14.0. The molecule has 2 aromatic heterocycles. The summed E-state index contributed by atoms with van der Waals surface area (Å²) in [5, 5.41) is 21.9. The summed E-state index contributed by atoms with van der Waals surface area (Å²) < 4.78 is 2.69. The first-order valence-electron chi connectivity index (χ1n) is 5.83. The van der Waals surface area contributed by atoms with Crippen LogP contribution in [0.3, 0.4) is 0 Å². The Bertz CT molecular complexity index is 579. The quantitative estimate of drug-likeness (QED) is 0.824. The third-order valence-electron chi connectivity index (χ3n) is 2.45. The number of carboxylic acids is 1. The fourth-order valence-corrected chi connectivity index (χ4v) is 3.34. The van der Waals surface area contributed by atoms with Crippen molar-refractivity contribution in [3.05, 3.63) is 11.8 Å². The van der Waals surface area contributed by atoms with E-state index in [1.165, 1.54) is 23.1 Å². The highest BCUT2D eigenvalue weighted by molar-refractivity contribution is 8.01. The summed E-state index contributed by atoms with van der Waals surface area (Å²) in [6, 6.07) is 1.98. The number of hydrogen-bond donors (Lipinski definition) is 1. The van der Waals surface area contributed by atoms with Crippen LogP contribution in [0.15, 0.2) is 10.4 Å². The maximum Gasteiger partial charge on any atom is 0.304 e. The van der Waals surface area contributed by atoms with Gasteiger partial charge in [-0.3, -0.25) is 9.48 Å². The summed E-state index contributed by atoms with van der Waals surface area (Å²) >= 11 is 2.85. The molecule has 0 saturated heterocycles. The molecule has 8 heteroatoms. The van der Waals surface area contributed by atoms with Crippen molar-refractivity contribution >= 4 is 29.1 Å². The van der Waals surface area contributed by atoms with Gasteiger partial charge in [-0.25, -0.2) is 0 Å². The Kier molecular flexibility index (Phi) is 4.54. The van der Waals surface area contributed by atoms with Gasteiger partial charge >= 0.3 is 5.97 Å². The molecule has 0 bridgehead atoms. The largest absolute Gasteiger partial charge is 0.481 e. The first-order valence-corrected chi connectivity index (χ1v) is 7.63. The molecule has 2 rings (SSSR count). The highest BCUT2D eigenvalue weighted by atomic mass is 32.2. The van der Waals surface area contributed by atoms with Crippen LogP contribution in [0.2, 0.25) is 0 Å². The van der Waals surface area contributed by atoms with E-state index in [0.717, 1.165) is 27.3 Å². The zero-order valence-electron chi connectivity index (χ0n) is 10.7. The fraction of sp³-hybridized carbons (Fsp3) is 0.455. The Morgan fingerprint density at radius 1 is 1.53 bits per heavy atom. The third kappa shape index (κ3) is 3.54. The number of thioether (sulfide) groups is 1. The van der Waals surface area contributed by atoms with E-state index in [9.17, 15) is 4.79 Å². The Labute approximate surface area is 118 Å². The molecule has 0 fully saturated rings. The highest BCUT2D eigenvalue weighted by Crippen LogP contribution is 2.29. The zero-order valence-corrected chi connectivity index (χ0v) is 12.3. The molecule has 102 valence electrons. The summed E-state index contributed by atoms with van der Waals surface area (Å²) in [5.41, 5.74) is 1.91. The lowest BCUT2D eigenvalue weighted by molar-refractivity contribution is -0.136. The molecule has 2 heterocycles. The van der Waals surface area contributed by atoms with Gasteiger partial charge in [0.2, 0.25) is 0 Å². The molecule has 0 aromatic carbocycles. The van der Waals surface area contributed by atoms with Gasteiger partial charge in [0.05, 0.1) is 6.42 Å². The van der Waals surface area contributed by atoms with Gasteiger partial charge in [-0.05, 0) is 19.9 Å². The van der Waals surface area contributed by atoms with Crippen LogP contribution < -0.4 is 0 Å². The number of aryl methyl sites for hydroxylation is 2. The van der Waals surface area contributed by atoms with Gasteiger partial charge in [-0.2, -0.15) is 5.10 Å². The lowest BCUT2D eigenvalue weighted by Gasteiger charge is -1.95. The van der Waals surface area contributed by atoms with E-state index in [-0.39, 0.29) is 6.42 Å². The molecule has 6 nitrogen and oxygen atoms in total. The molecular formula is C11H14N4O2S2. The second kappa shape index (κ2) is 6.16. The van der Waals surface area contributed by atoms with Gasteiger partial charge in [-0.1, -0.05) is 23.1 Å². The molecule has 0 saturated carbocycles. The van der Waals surface area contributed by atoms with Gasteiger partial charge in [-0.15, -0.1) is 10.2 Å². The number of rotatable bonds is 6. The lowest BCUT2D eigenvalue weighted by Crippen LogP contribution is -1.98. The number of carbonyl (C=O) groups is 1. The molecule has 0 spiro atoms. The minimum atomic E-state index is -0.797. The number of nitrogens with zero attached hydrogens (tertiary/aromatic N) is 4. The van der Waals surface area contributed by atoms with Crippen LogP contribution in [0.1, 0.15) is 19.0 Å². The van der Waals surface area contributed by atoms with Crippen molar-refractivity contribution in [1.29, 1.82) is 0 Å². The minimum absolute atomic E-state index is 0.128. The zero-order chi connectivity index (χ0) is 13.8. The van der Waals surface area contributed by atoms with Gasteiger partial charge in [0, 0.05) is 18.0 Å². The van der Waals surface area contributed by atoms with Gasteiger partial charge in [0.15, 0.2) is 9.35 Å². The predicted octanol–water partition coefficient (Wildman–Crippen LogP) is 2.30. The van der Waals surface area contributed by atoms with Crippen LogP contribution in [0.4, 0.5) is 0 Å². The van der Waals surface area contributed by atoms with E-state index < -0.39 is 5.97 Å². The maximum atomic E-state index is 10.4. The number of hydrogen-bond acceptors (Lipinski definition) is 6. The van der Waals surface area contributed by atoms with Crippen molar-refractivity contribution in [1.82, 2.24) is 20.0 Å². The maximum absolute atomic E-state index is 10.4. The van der Waals surface area contributed by atoms with E-state index in [0.29, 0.717) is 5.75 Å². The first-order chi connectivity index (χ1) is 9.10. The standard InChI is InChI=1S/C11H14N4O2S2/c1-3-15-7(2)6-8(14-15)10-12-13-11(19-10)18-5-4-9(16)17/h6H,3-5H2,1-2H3,(H,16,17). The average Bonchev–Trinajstić information content (AvgIpc) is 2.95. The smallest absolute Gasteiger partial charge is 0.304 e. The van der Waals surface area contributed by atoms with Crippen LogP contribution in [-0.4, -0.2) is 36.8 Å². The van der Waals surface area contributed by atoms with Crippen molar-refractivity contribution in [2.75, 3.05) is 5.75 Å². The van der Waals surface area contributed by atoms with Crippen molar-refractivity contribution in [2.45, 2.75) is 31.2 Å². The molecule has 0 radical (unpaired) electrons. The predicted molar refractivity (Wildman–Crippen MR) is 74.5 cm³/mol. The topological polar surface area (TPSA) is 80.9 Å². The summed E-state index contributed by atoms with van der Waals surface area (Å²) in [6.07, 6.45) is 0.128. The molecule has 0 aliphatic heterocycles. The van der Waals surface area contributed by atoms with Crippen LogP contribution in [0.25, 0.3) is 10.7 Å². The number of aliphatic carboxylic acids is 1. The van der Waals surface area contributed by atoms with Crippen LogP contribution in [-0.2, 0) is 11.3 Å². The molecule has 0 unspecified atom stereocenters. The average molecular weight is 298 g/mol. The van der Waals surface area contributed by atoms with Crippen molar-refractivity contribution in [2.24, 2.45) is 0 Å². The van der Waals surface area contributed by atoms with Crippen molar-refractivity contribution < 1.29 is 9.90 Å². The summed E-state index contributed by atoms with van der Waals surface area (Å²) in [4.78, 5) is 10.4. The highest BCUT2D eigenvalue weighted by Gasteiger charge is 2.12. The van der Waals surface area contributed by atoms with Gasteiger partial charge in [0.1, 0.15) is 5.69 Å². The molecule has 0 atom stereocenters. The molecule has 1 N–H and O–H groups in total. The fourth-order valence-electron chi connectivity index (χ4n) is 1.53. The molecule has 0 amide bonds. The SMILES string of the molecule is CCn1nc(-c2nnc(SCCC(=O)O)s2)cc1C. The molecular weight excluding hydrogens is 284 g/mol. The van der Waals surface area contributed by atoms with Gasteiger partial charge < -0.3 is 5.11 Å². The van der Waals surface area contributed by atoms with Crippen LogP contribution in [0.5, 0.6) is 0 Å². The summed E-state index contributed by atoms with van der Waals surface area (Å²) in [5.74, 6) is -0.290. The normalized spacial score (nSPS) is 10.8. The Hall–Kier alpha value is -1.41. The second-order valence-electron chi connectivity index (χ2n) is 3.85. The second-order valence-corrected chi connectivity index (χ2v) is 6.17. The van der Waals surface area contributed by atoms with E-state index >= 15 is 0 Å². The Morgan fingerprint density at radius 3 is 2.95 bits per heavy atom. The molecule has 2 aromatic rings. The summed E-state index contributed by atoms with van der Waals surface area (Å²) in [6.45, 7) is 4.87. The van der Waals surface area contributed by atoms with E-state index in [1.807, 2.05) is 24.6 Å². The molecule has 0 aliphatic carbocycles. The number of aromatic nitrogens is 4. The minimum Gasteiger partial charge on any atom is -0.481 e. The van der Waals surface area contributed by atoms with Crippen molar-refractivity contribution in [3.8, 4) is 10.7 Å². The van der Waals surface area contributed by atoms with E-state index in [2.05, 4.69) is 15.3 Å².